The number of ether oxygens (including phenoxy) is 3. The van der Waals surface area contributed by atoms with E-state index in [-0.39, 0.29) is 6.29 Å². The lowest BCUT2D eigenvalue weighted by Gasteiger charge is -2.11. The lowest BCUT2D eigenvalue weighted by Crippen LogP contribution is -2.03. The van der Waals surface area contributed by atoms with Crippen LogP contribution in [0.2, 0.25) is 0 Å². The summed E-state index contributed by atoms with van der Waals surface area (Å²) in [5.41, 5.74) is 3.65. The third-order valence-corrected chi connectivity index (χ3v) is 4.25. The Hall–Kier alpha value is -2.81. The lowest BCUT2D eigenvalue weighted by molar-refractivity contribution is -0.0441. The molecule has 1 aromatic heterocycles. The minimum Gasteiger partial charge on any atom is -0.479 e. The fourth-order valence-corrected chi connectivity index (χ4v) is 3.03. The molecule has 0 spiro atoms. The number of nitriles is 1. The van der Waals surface area contributed by atoms with Gasteiger partial charge in [0.1, 0.15) is 6.07 Å². The molecule has 1 aliphatic rings. The van der Waals surface area contributed by atoms with Gasteiger partial charge in [0.2, 0.25) is 0 Å². The number of hydrogen-bond donors (Lipinski definition) is 1. The average Bonchev–Trinajstić information content (AvgIpc) is 3.31. The molecule has 4 rings (SSSR count). The molecule has 25 heavy (non-hydrogen) atoms. The molecule has 2 heterocycles. The summed E-state index contributed by atoms with van der Waals surface area (Å²) < 4.78 is 16.9. The monoisotopic (exact) mass is 334 g/mol. The van der Waals surface area contributed by atoms with Gasteiger partial charge in [-0.3, -0.25) is 0 Å². The minimum absolute atomic E-state index is 0.251. The molecule has 1 fully saturated rings. The van der Waals surface area contributed by atoms with Gasteiger partial charge in [0.15, 0.2) is 12.2 Å². The molecule has 0 amide bonds. The molecule has 5 heteroatoms. The van der Waals surface area contributed by atoms with Crippen molar-refractivity contribution in [1.82, 2.24) is 4.98 Å². The quantitative estimate of drug-likeness (QED) is 0.772. The maximum atomic E-state index is 9.15. The Balaban J connectivity index is 1.41. The zero-order valence-corrected chi connectivity index (χ0v) is 13.7. The number of aromatic amines is 1. The second-order valence-electron chi connectivity index (χ2n) is 5.93. The van der Waals surface area contributed by atoms with Gasteiger partial charge in [0.05, 0.1) is 30.9 Å². The van der Waals surface area contributed by atoms with Gasteiger partial charge in [-0.25, -0.2) is 0 Å². The molecular formula is C20H18N2O3. The molecule has 1 N–H and O–H groups in total. The predicted octanol–water partition coefficient (Wildman–Crippen LogP) is 3.71. The second kappa shape index (κ2) is 6.98. The number of nitrogens with one attached hydrogen (secondary N) is 1. The number of H-pyrrole nitrogens is 1. The number of rotatable bonds is 5. The van der Waals surface area contributed by atoms with Crippen LogP contribution >= 0.6 is 0 Å². The van der Waals surface area contributed by atoms with Gasteiger partial charge in [-0.2, -0.15) is 5.26 Å². The van der Waals surface area contributed by atoms with Crippen LogP contribution in [0.15, 0.2) is 48.5 Å². The minimum atomic E-state index is -0.251. The van der Waals surface area contributed by atoms with Crippen molar-refractivity contribution in [3.8, 4) is 11.9 Å². The summed E-state index contributed by atoms with van der Waals surface area (Å²) in [7, 11) is 0. The first-order chi connectivity index (χ1) is 12.3. The van der Waals surface area contributed by atoms with Gasteiger partial charge < -0.3 is 19.2 Å². The molecule has 0 saturated carbocycles. The van der Waals surface area contributed by atoms with Gasteiger partial charge in [-0.15, -0.1) is 0 Å². The number of aromatic nitrogens is 1. The zero-order valence-electron chi connectivity index (χ0n) is 13.7. The van der Waals surface area contributed by atoms with E-state index in [1.54, 1.807) is 6.07 Å². The van der Waals surface area contributed by atoms with Crippen LogP contribution in [0.1, 0.15) is 23.0 Å². The Morgan fingerprint density at radius 2 is 1.96 bits per heavy atom. The van der Waals surface area contributed by atoms with Crippen LogP contribution in [0.5, 0.6) is 5.88 Å². The number of fused-ring (bicyclic) bond motifs is 1. The maximum absolute atomic E-state index is 9.15. The van der Waals surface area contributed by atoms with E-state index in [2.05, 4.69) is 23.2 Å². The molecule has 2 aromatic carbocycles. The number of benzene rings is 2. The summed E-state index contributed by atoms with van der Waals surface area (Å²) in [6, 6.07) is 17.9. The lowest BCUT2D eigenvalue weighted by atomic mass is 10.1. The van der Waals surface area contributed by atoms with E-state index in [1.165, 1.54) is 5.56 Å². The molecule has 3 aromatic rings. The SMILES string of the molecule is N#Cc1cccc2cc(OCCc3cccc(C4OCCO4)c3)[nH]c12. The van der Waals surface area contributed by atoms with Crippen LogP contribution < -0.4 is 4.74 Å². The average molecular weight is 334 g/mol. The molecular weight excluding hydrogens is 316 g/mol. The molecule has 0 unspecified atom stereocenters. The number of para-hydroxylation sites is 1. The van der Waals surface area contributed by atoms with Crippen molar-refractivity contribution >= 4 is 10.9 Å². The van der Waals surface area contributed by atoms with E-state index < -0.39 is 0 Å². The van der Waals surface area contributed by atoms with Crippen molar-refractivity contribution in [2.75, 3.05) is 19.8 Å². The Morgan fingerprint density at radius 1 is 1.12 bits per heavy atom. The van der Waals surface area contributed by atoms with E-state index in [0.717, 1.165) is 22.9 Å². The summed E-state index contributed by atoms with van der Waals surface area (Å²) in [6.45, 7) is 1.83. The standard InChI is InChI=1S/C20H18N2O3/c21-13-17-6-2-4-15-12-18(22-19(15)17)23-8-7-14-3-1-5-16(11-14)20-24-9-10-25-20/h1-6,11-12,20,22H,7-10H2. The third-order valence-electron chi connectivity index (χ3n) is 4.25. The van der Waals surface area contributed by atoms with Crippen LogP contribution in [0, 0.1) is 11.3 Å². The highest BCUT2D eigenvalue weighted by Crippen LogP contribution is 2.25. The third kappa shape index (κ3) is 3.36. The highest BCUT2D eigenvalue weighted by molar-refractivity contribution is 5.86. The van der Waals surface area contributed by atoms with Crippen molar-refractivity contribution in [3.05, 3.63) is 65.2 Å². The van der Waals surface area contributed by atoms with E-state index in [9.17, 15) is 0 Å². The summed E-state index contributed by atoms with van der Waals surface area (Å²) >= 11 is 0. The van der Waals surface area contributed by atoms with Crippen LogP contribution in [0.4, 0.5) is 0 Å². The van der Waals surface area contributed by atoms with E-state index in [1.807, 2.05) is 30.3 Å². The van der Waals surface area contributed by atoms with Crippen molar-refractivity contribution < 1.29 is 14.2 Å². The fraction of sp³-hybridized carbons (Fsp3) is 0.250. The highest BCUT2D eigenvalue weighted by Gasteiger charge is 2.18. The molecule has 1 aliphatic heterocycles. The summed E-state index contributed by atoms with van der Waals surface area (Å²) in [4.78, 5) is 3.17. The highest BCUT2D eigenvalue weighted by atomic mass is 16.7. The van der Waals surface area contributed by atoms with Crippen molar-refractivity contribution in [2.24, 2.45) is 0 Å². The largest absolute Gasteiger partial charge is 0.479 e. The predicted molar refractivity (Wildman–Crippen MR) is 93.3 cm³/mol. The summed E-state index contributed by atoms with van der Waals surface area (Å²) in [5, 5.41) is 10.1. The maximum Gasteiger partial charge on any atom is 0.191 e. The topological polar surface area (TPSA) is 67.3 Å². The van der Waals surface area contributed by atoms with Crippen molar-refractivity contribution in [1.29, 1.82) is 5.26 Å². The van der Waals surface area contributed by atoms with Crippen LogP contribution in [0.25, 0.3) is 10.9 Å². The first kappa shape index (κ1) is 15.7. The normalized spacial score (nSPS) is 14.7. The summed E-state index contributed by atoms with van der Waals surface area (Å²) in [6.07, 6.45) is 0.528. The Bertz CT molecular complexity index is 920. The fourth-order valence-electron chi connectivity index (χ4n) is 3.03. The van der Waals surface area contributed by atoms with Gasteiger partial charge in [0.25, 0.3) is 0 Å². The molecule has 1 saturated heterocycles. The molecule has 126 valence electrons. The van der Waals surface area contributed by atoms with Crippen LogP contribution in [-0.4, -0.2) is 24.8 Å². The van der Waals surface area contributed by atoms with Gasteiger partial charge in [0, 0.05) is 23.4 Å². The van der Waals surface area contributed by atoms with Crippen LogP contribution in [-0.2, 0) is 15.9 Å². The molecule has 0 aliphatic carbocycles. The molecule has 5 nitrogen and oxygen atoms in total. The van der Waals surface area contributed by atoms with Crippen molar-refractivity contribution in [3.63, 3.8) is 0 Å². The summed E-state index contributed by atoms with van der Waals surface area (Å²) in [5.74, 6) is 0.677. The first-order valence-corrected chi connectivity index (χ1v) is 8.30. The van der Waals surface area contributed by atoms with Crippen LogP contribution in [0.3, 0.4) is 0 Å². The first-order valence-electron chi connectivity index (χ1n) is 8.30. The molecule has 0 atom stereocenters. The second-order valence-corrected chi connectivity index (χ2v) is 5.93. The Kier molecular flexibility index (Phi) is 4.38. The molecule has 0 bridgehead atoms. The molecule has 0 radical (unpaired) electrons. The Labute approximate surface area is 145 Å². The van der Waals surface area contributed by atoms with E-state index in [0.29, 0.717) is 31.3 Å². The number of nitrogens with zero attached hydrogens (tertiary/aromatic N) is 1. The van der Waals surface area contributed by atoms with E-state index in [4.69, 9.17) is 19.5 Å². The van der Waals surface area contributed by atoms with Gasteiger partial charge in [-0.1, -0.05) is 36.4 Å². The smallest absolute Gasteiger partial charge is 0.191 e. The zero-order chi connectivity index (χ0) is 17.1. The van der Waals surface area contributed by atoms with Crippen molar-refractivity contribution in [2.45, 2.75) is 12.7 Å². The van der Waals surface area contributed by atoms with E-state index >= 15 is 0 Å². The Morgan fingerprint density at radius 3 is 2.80 bits per heavy atom. The van der Waals surface area contributed by atoms with Gasteiger partial charge >= 0.3 is 0 Å². The number of hydrogen-bond acceptors (Lipinski definition) is 4. The van der Waals surface area contributed by atoms with Gasteiger partial charge in [-0.05, 0) is 11.6 Å².